The van der Waals surface area contributed by atoms with Crippen molar-refractivity contribution in [3.63, 3.8) is 0 Å². The Morgan fingerprint density at radius 3 is 2.47 bits per heavy atom. The normalized spacial score (nSPS) is 24.9. The minimum Gasteiger partial charge on any atom is -0.312 e. The molecular formula is C16H35N3. The van der Waals surface area contributed by atoms with Gasteiger partial charge in [-0.1, -0.05) is 13.8 Å². The van der Waals surface area contributed by atoms with Crippen molar-refractivity contribution < 1.29 is 0 Å². The summed E-state index contributed by atoms with van der Waals surface area (Å²) in [4.78, 5) is 4.84. The predicted molar refractivity (Wildman–Crippen MR) is 84.6 cm³/mol. The molecule has 1 heterocycles. The average Bonchev–Trinajstić information content (AvgIpc) is 2.33. The molecule has 1 fully saturated rings. The first-order valence-corrected chi connectivity index (χ1v) is 7.98. The van der Waals surface area contributed by atoms with Crippen LogP contribution in [0.15, 0.2) is 0 Å². The van der Waals surface area contributed by atoms with E-state index in [1.54, 1.807) is 0 Å². The van der Waals surface area contributed by atoms with E-state index in [2.05, 4.69) is 57.0 Å². The van der Waals surface area contributed by atoms with Gasteiger partial charge in [0, 0.05) is 25.2 Å². The van der Waals surface area contributed by atoms with Crippen LogP contribution in [-0.4, -0.2) is 62.7 Å². The number of likely N-dealkylation sites (tertiary alicyclic amines) is 1. The largest absolute Gasteiger partial charge is 0.312 e. The summed E-state index contributed by atoms with van der Waals surface area (Å²) in [6.07, 6.45) is 4.02. The molecule has 1 rings (SSSR count). The number of likely N-dealkylation sites (N-methyl/N-ethyl adjacent to an activating group) is 1. The number of hydrogen-bond acceptors (Lipinski definition) is 3. The van der Waals surface area contributed by atoms with Gasteiger partial charge in [0.2, 0.25) is 0 Å². The number of hydrogen-bond donors (Lipinski definition) is 1. The summed E-state index contributed by atoms with van der Waals surface area (Å²) >= 11 is 0. The van der Waals surface area contributed by atoms with E-state index in [0.29, 0.717) is 12.1 Å². The van der Waals surface area contributed by atoms with Gasteiger partial charge in [-0.25, -0.2) is 0 Å². The lowest BCUT2D eigenvalue weighted by Gasteiger charge is -2.35. The number of nitrogens with one attached hydrogen (secondary N) is 1. The zero-order valence-corrected chi connectivity index (χ0v) is 13.9. The third-order valence-corrected chi connectivity index (χ3v) is 4.52. The molecule has 114 valence electrons. The van der Waals surface area contributed by atoms with Crippen LogP contribution in [-0.2, 0) is 0 Å². The maximum Gasteiger partial charge on any atom is 0.0217 e. The van der Waals surface area contributed by atoms with Crippen molar-refractivity contribution in [2.75, 3.05) is 40.8 Å². The Morgan fingerprint density at radius 2 is 1.95 bits per heavy atom. The second kappa shape index (κ2) is 8.23. The van der Waals surface area contributed by atoms with E-state index in [0.717, 1.165) is 18.4 Å². The Hall–Kier alpha value is -0.120. The van der Waals surface area contributed by atoms with Gasteiger partial charge in [-0.15, -0.1) is 0 Å². The Kier molecular flexibility index (Phi) is 7.33. The maximum absolute atomic E-state index is 3.79. The molecule has 0 bridgehead atoms. The van der Waals surface area contributed by atoms with E-state index in [1.165, 1.54) is 32.4 Å². The molecule has 3 atom stereocenters. The standard InChI is InChI=1S/C16H35N3/c1-13(2)10-16(18(4)5)11-17-14(3)15-8-7-9-19(6)12-15/h13-17H,7-12H2,1-6H3. The van der Waals surface area contributed by atoms with Crippen molar-refractivity contribution in [2.45, 2.75) is 52.1 Å². The molecule has 3 nitrogen and oxygen atoms in total. The first kappa shape index (κ1) is 16.9. The van der Waals surface area contributed by atoms with Gasteiger partial charge in [-0.2, -0.15) is 0 Å². The fourth-order valence-electron chi connectivity index (χ4n) is 3.12. The summed E-state index contributed by atoms with van der Waals surface area (Å²) in [6.45, 7) is 10.6. The molecule has 1 N–H and O–H groups in total. The van der Waals surface area contributed by atoms with Crippen LogP contribution in [0, 0.1) is 11.8 Å². The highest BCUT2D eigenvalue weighted by atomic mass is 15.1. The Morgan fingerprint density at radius 1 is 1.26 bits per heavy atom. The molecule has 1 aliphatic heterocycles. The third-order valence-electron chi connectivity index (χ3n) is 4.52. The highest BCUT2D eigenvalue weighted by Gasteiger charge is 2.23. The minimum atomic E-state index is 0.636. The van der Waals surface area contributed by atoms with Crippen LogP contribution >= 0.6 is 0 Å². The van der Waals surface area contributed by atoms with Gasteiger partial charge in [0.05, 0.1) is 0 Å². The summed E-state index contributed by atoms with van der Waals surface area (Å²) in [5.74, 6) is 1.59. The first-order valence-electron chi connectivity index (χ1n) is 7.98. The Labute approximate surface area is 120 Å². The summed E-state index contributed by atoms with van der Waals surface area (Å²) in [6, 6.07) is 1.29. The molecule has 0 aliphatic carbocycles. The lowest BCUT2D eigenvalue weighted by molar-refractivity contribution is 0.168. The van der Waals surface area contributed by atoms with Crippen LogP contribution in [0.4, 0.5) is 0 Å². The van der Waals surface area contributed by atoms with Crippen LogP contribution in [0.1, 0.15) is 40.0 Å². The molecule has 3 heteroatoms. The van der Waals surface area contributed by atoms with Crippen LogP contribution in [0.25, 0.3) is 0 Å². The molecule has 0 aromatic rings. The molecule has 1 aliphatic rings. The van der Waals surface area contributed by atoms with Crippen molar-refractivity contribution in [1.82, 2.24) is 15.1 Å². The number of rotatable bonds is 7. The minimum absolute atomic E-state index is 0.636. The van der Waals surface area contributed by atoms with Crippen LogP contribution in [0.3, 0.4) is 0 Å². The van der Waals surface area contributed by atoms with Gasteiger partial charge in [-0.05, 0) is 65.7 Å². The average molecular weight is 269 g/mol. The Balaban J connectivity index is 2.36. The van der Waals surface area contributed by atoms with E-state index < -0.39 is 0 Å². The zero-order chi connectivity index (χ0) is 14.4. The third kappa shape index (κ3) is 6.24. The SMILES string of the molecule is CC(C)CC(CNC(C)C1CCCN(C)C1)N(C)C. The van der Waals surface area contributed by atoms with Crippen molar-refractivity contribution in [1.29, 1.82) is 0 Å². The first-order chi connectivity index (χ1) is 8.90. The van der Waals surface area contributed by atoms with E-state index in [1.807, 2.05) is 0 Å². The van der Waals surface area contributed by atoms with E-state index in [-0.39, 0.29) is 0 Å². The number of piperidine rings is 1. The Bertz CT molecular complexity index is 240. The van der Waals surface area contributed by atoms with Crippen LogP contribution in [0.2, 0.25) is 0 Å². The van der Waals surface area contributed by atoms with Crippen molar-refractivity contribution in [3.8, 4) is 0 Å². The molecule has 0 saturated carbocycles. The fraction of sp³-hybridized carbons (Fsp3) is 1.00. The lowest BCUT2D eigenvalue weighted by atomic mass is 9.91. The topological polar surface area (TPSA) is 18.5 Å². The summed E-state index contributed by atoms with van der Waals surface area (Å²) in [7, 11) is 6.65. The molecule has 0 aromatic heterocycles. The van der Waals surface area contributed by atoms with Crippen molar-refractivity contribution >= 4 is 0 Å². The van der Waals surface area contributed by atoms with E-state index in [9.17, 15) is 0 Å². The van der Waals surface area contributed by atoms with Gasteiger partial charge >= 0.3 is 0 Å². The van der Waals surface area contributed by atoms with Crippen molar-refractivity contribution in [3.05, 3.63) is 0 Å². The summed E-state index contributed by atoms with van der Waals surface area (Å²) in [5.41, 5.74) is 0. The lowest BCUT2D eigenvalue weighted by Crippen LogP contribution is -2.47. The van der Waals surface area contributed by atoms with Gasteiger partial charge in [0.1, 0.15) is 0 Å². The molecule has 0 aromatic carbocycles. The molecular weight excluding hydrogens is 234 g/mol. The van der Waals surface area contributed by atoms with Gasteiger partial charge in [0.15, 0.2) is 0 Å². The van der Waals surface area contributed by atoms with Gasteiger partial charge < -0.3 is 15.1 Å². The molecule has 0 radical (unpaired) electrons. The fourth-order valence-corrected chi connectivity index (χ4v) is 3.12. The molecule has 3 unspecified atom stereocenters. The summed E-state index contributed by atoms with van der Waals surface area (Å²) < 4.78 is 0. The second-order valence-corrected chi connectivity index (χ2v) is 7.11. The van der Waals surface area contributed by atoms with Gasteiger partial charge in [0.25, 0.3) is 0 Å². The van der Waals surface area contributed by atoms with Gasteiger partial charge in [-0.3, -0.25) is 0 Å². The van der Waals surface area contributed by atoms with E-state index in [4.69, 9.17) is 0 Å². The number of nitrogens with zero attached hydrogens (tertiary/aromatic N) is 2. The van der Waals surface area contributed by atoms with Crippen LogP contribution < -0.4 is 5.32 Å². The highest BCUT2D eigenvalue weighted by molar-refractivity contribution is 4.81. The van der Waals surface area contributed by atoms with Crippen molar-refractivity contribution in [2.24, 2.45) is 11.8 Å². The maximum atomic E-state index is 3.79. The monoisotopic (exact) mass is 269 g/mol. The summed E-state index contributed by atoms with van der Waals surface area (Å²) in [5, 5.41) is 3.79. The predicted octanol–water partition coefficient (Wildman–Crippen LogP) is 2.28. The van der Waals surface area contributed by atoms with E-state index >= 15 is 0 Å². The molecule has 0 spiro atoms. The quantitative estimate of drug-likeness (QED) is 0.765. The second-order valence-electron chi connectivity index (χ2n) is 7.11. The smallest absolute Gasteiger partial charge is 0.0217 e. The zero-order valence-electron chi connectivity index (χ0n) is 13.9. The molecule has 0 amide bonds. The van der Waals surface area contributed by atoms with Crippen LogP contribution in [0.5, 0.6) is 0 Å². The highest BCUT2D eigenvalue weighted by Crippen LogP contribution is 2.19. The molecule has 1 saturated heterocycles. The molecule has 19 heavy (non-hydrogen) atoms.